The summed E-state index contributed by atoms with van der Waals surface area (Å²) < 4.78 is 22.8. The van der Waals surface area contributed by atoms with Gasteiger partial charge in [-0.1, -0.05) is 0 Å². The van der Waals surface area contributed by atoms with Crippen molar-refractivity contribution in [3.8, 4) is 0 Å². The van der Waals surface area contributed by atoms with E-state index < -0.39 is 9.84 Å². The van der Waals surface area contributed by atoms with Crippen molar-refractivity contribution < 1.29 is 8.42 Å². The highest BCUT2D eigenvalue weighted by atomic mass is 32.2. The standard InChI is InChI=1S/C7H11NO2S2/c1-8-5-6-3-4-11-7(6)12(2,9)10/h3-4,8H,5H2,1-2H3. The summed E-state index contributed by atoms with van der Waals surface area (Å²) in [5.41, 5.74) is 0.852. The lowest BCUT2D eigenvalue weighted by molar-refractivity contribution is 0.602. The van der Waals surface area contributed by atoms with Crippen LogP contribution >= 0.6 is 11.3 Å². The quantitative estimate of drug-likeness (QED) is 0.796. The topological polar surface area (TPSA) is 46.2 Å². The van der Waals surface area contributed by atoms with Gasteiger partial charge >= 0.3 is 0 Å². The maximum atomic E-state index is 11.2. The highest BCUT2D eigenvalue weighted by Gasteiger charge is 2.13. The minimum absolute atomic E-state index is 0.469. The highest BCUT2D eigenvalue weighted by Crippen LogP contribution is 2.21. The van der Waals surface area contributed by atoms with E-state index in [1.165, 1.54) is 17.6 Å². The zero-order valence-electron chi connectivity index (χ0n) is 6.99. The van der Waals surface area contributed by atoms with Crippen molar-refractivity contribution in [1.82, 2.24) is 5.32 Å². The van der Waals surface area contributed by atoms with E-state index in [1.54, 1.807) is 12.4 Å². The Morgan fingerprint density at radius 2 is 2.25 bits per heavy atom. The number of sulfone groups is 1. The second kappa shape index (κ2) is 3.55. The average Bonchev–Trinajstić information content (AvgIpc) is 2.34. The van der Waals surface area contributed by atoms with Crippen LogP contribution in [0.5, 0.6) is 0 Å². The molecule has 0 unspecified atom stereocenters. The molecular formula is C7H11NO2S2. The fourth-order valence-corrected chi connectivity index (χ4v) is 3.10. The third-order valence-corrected chi connectivity index (χ3v) is 4.29. The van der Waals surface area contributed by atoms with Crippen LogP contribution in [0.1, 0.15) is 5.56 Å². The summed E-state index contributed by atoms with van der Waals surface area (Å²) in [6.45, 7) is 0.603. The van der Waals surface area contributed by atoms with Crippen LogP contribution in [0.3, 0.4) is 0 Å². The van der Waals surface area contributed by atoms with Crippen molar-refractivity contribution in [2.45, 2.75) is 10.8 Å². The molecule has 0 saturated carbocycles. The van der Waals surface area contributed by atoms with Crippen LogP contribution in [-0.4, -0.2) is 21.7 Å². The molecule has 5 heteroatoms. The van der Waals surface area contributed by atoms with Gasteiger partial charge in [0.05, 0.1) is 0 Å². The first-order valence-corrected chi connectivity index (χ1v) is 6.24. The molecule has 1 rings (SSSR count). The van der Waals surface area contributed by atoms with Gasteiger partial charge in [0, 0.05) is 12.8 Å². The first kappa shape index (κ1) is 9.70. The third-order valence-electron chi connectivity index (χ3n) is 1.41. The van der Waals surface area contributed by atoms with Crippen LogP contribution in [0.2, 0.25) is 0 Å². The van der Waals surface area contributed by atoms with E-state index in [-0.39, 0.29) is 0 Å². The largest absolute Gasteiger partial charge is 0.316 e. The van der Waals surface area contributed by atoms with Crippen LogP contribution in [0.15, 0.2) is 15.7 Å². The lowest BCUT2D eigenvalue weighted by Gasteiger charge is -1.99. The van der Waals surface area contributed by atoms with E-state index in [0.29, 0.717) is 10.8 Å². The zero-order valence-corrected chi connectivity index (χ0v) is 8.63. The Balaban J connectivity index is 3.08. The minimum Gasteiger partial charge on any atom is -0.316 e. The van der Waals surface area contributed by atoms with Gasteiger partial charge in [-0.05, 0) is 24.1 Å². The first-order valence-electron chi connectivity index (χ1n) is 3.46. The van der Waals surface area contributed by atoms with Gasteiger partial charge in [0.15, 0.2) is 9.84 Å². The number of rotatable bonds is 3. The SMILES string of the molecule is CNCc1ccsc1S(C)(=O)=O. The second-order valence-corrected chi connectivity index (χ2v) is 5.66. The van der Waals surface area contributed by atoms with Crippen molar-refractivity contribution in [2.75, 3.05) is 13.3 Å². The number of nitrogens with one attached hydrogen (secondary N) is 1. The molecule has 0 spiro atoms. The lowest BCUT2D eigenvalue weighted by Crippen LogP contribution is -2.07. The summed E-state index contributed by atoms with van der Waals surface area (Å²) in [6.07, 6.45) is 1.23. The third kappa shape index (κ3) is 2.06. The van der Waals surface area contributed by atoms with Gasteiger partial charge in [0.25, 0.3) is 0 Å². The van der Waals surface area contributed by atoms with Crippen molar-refractivity contribution in [3.63, 3.8) is 0 Å². The van der Waals surface area contributed by atoms with E-state index in [9.17, 15) is 8.42 Å². The van der Waals surface area contributed by atoms with Gasteiger partial charge in [0.2, 0.25) is 0 Å². The maximum Gasteiger partial charge on any atom is 0.185 e. The summed E-state index contributed by atoms with van der Waals surface area (Å²) in [5.74, 6) is 0. The molecule has 0 aliphatic rings. The van der Waals surface area contributed by atoms with Crippen molar-refractivity contribution in [2.24, 2.45) is 0 Å². The normalized spacial score (nSPS) is 11.8. The monoisotopic (exact) mass is 205 g/mol. The summed E-state index contributed by atoms with van der Waals surface area (Å²) in [4.78, 5) is 0. The molecule has 1 heterocycles. The Morgan fingerprint density at radius 1 is 1.58 bits per heavy atom. The van der Waals surface area contributed by atoms with Crippen LogP contribution < -0.4 is 5.32 Å². The van der Waals surface area contributed by atoms with Gasteiger partial charge < -0.3 is 5.32 Å². The van der Waals surface area contributed by atoms with Crippen molar-refractivity contribution in [3.05, 3.63) is 17.0 Å². The Hall–Kier alpha value is -0.390. The van der Waals surface area contributed by atoms with Gasteiger partial charge in [0.1, 0.15) is 4.21 Å². The minimum atomic E-state index is -3.03. The van der Waals surface area contributed by atoms with E-state index in [0.717, 1.165) is 5.56 Å². The van der Waals surface area contributed by atoms with Gasteiger partial charge in [-0.25, -0.2) is 8.42 Å². The molecule has 12 heavy (non-hydrogen) atoms. The fourth-order valence-electron chi connectivity index (χ4n) is 0.969. The first-order chi connectivity index (χ1) is 5.55. The molecule has 0 aliphatic carbocycles. The molecule has 0 aromatic carbocycles. The Labute approximate surface area is 76.3 Å². The zero-order chi connectivity index (χ0) is 9.19. The predicted molar refractivity (Wildman–Crippen MR) is 50.2 cm³/mol. The van der Waals surface area contributed by atoms with E-state index in [4.69, 9.17) is 0 Å². The summed E-state index contributed by atoms with van der Waals surface area (Å²) in [6, 6.07) is 1.83. The summed E-state index contributed by atoms with van der Waals surface area (Å²) >= 11 is 1.27. The van der Waals surface area contributed by atoms with Crippen molar-refractivity contribution in [1.29, 1.82) is 0 Å². The molecule has 3 nitrogen and oxygen atoms in total. The lowest BCUT2D eigenvalue weighted by atomic mass is 10.3. The molecule has 0 atom stereocenters. The molecule has 0 bridgehead atoms. The molecule has 0 saturated heterocycles. The Bertz CT molecular complexity index is 353. The second-order valence-electron chi connectivity index (χ2n) is 2.54. The van der Waals surface area contributed by atoms with Crippen LogP contribution in [0.4, 0.5) is 0 Å². The number of hydrogen-bond donors (Lipinski definition) is 1. The van der Waals surface area contributed by atoms with Gasteiger partial charge in [-0.15, -0.1) is 11.3 Å². The molecule has 1 aromatic heterocycles. The van der Waals surface area contributed by atoms with Crippen molar-refractivity contribution >= 4 is 21.2 Å². The Morgan fingerprint density at radius 3 is 2.75 bits per heavy atom. The predicted octanol–water partition coefficient (Wildman–Crippen LogP) is 0.871. The average molecular weight is 205 g/mol. The molecular weight excluding hydrogens is 194 g/mol. The highest BCUT2D eigenvalue weighted by molar-refractivity contribution is 7.92. The summed E-state index contributed by atoms with van der Waals surface area (Å²) in [5, 5.41) is 4.72. The van der Waals surface area contributed by atoms with E-state index in [1.807, 2.05) is 6.07 Å². The molecule has 1 N–H and O–H groups in total. The maximum absolute atomic E-state index is 11.2. The van der Waals surface area contributed by atoms with Crippen LogP contribution in [0, 0.1) is 0 Å². The molecule has 0 radical (unpaired) electrons. The van der Waals surface area contributed by atoms with Crippen LogP contribution in [-0.2, 0) is 16.4 Å². The van der Waals surface area contributed by atoms with Gasteiger partial charge in [-0.2, -0.15) is 0 Å². The number of thiophene rings is 1. The molecule has 1 aromatic rings. The molecule has 68 valence electrons. The van der Waals surface area contributed by atoms with E-state index in [2.05, 4.69) is 5.32 Å². The molecule has 0 fully saturated rings. The number of hydrogen-bond acceptors (Lipinski definition) is 4. The summed E-state index contributed by atoms with van der Waals surface area (Å²) in [7, 11) is -1.24. The Kier molecular flexibility index (Phi) is 2.87. The fraction of sp³-hybridized carbons (Fsp3) is 0.429. The smallest absolute Gasteiger partial charge is 0.185 e. The molecule has 0 amide bonds. The van der Waals surface area contributed by atoms with Crippen LogP contribution in [0.25, 0.3) is 0 Å². The van der Waals surface area contributed by atoms with Gasteiger partial charge in [-0.3, -0.25) is 0 Å². The van der Waals surface area contributed by atoms with E-state index >= 15 is 0 Å². The molecule has 0 aliphatic heterocycles.